The molecular formula is C20H28N2O3. The number of fused-ring (bicyclic) bond motifs is 2. The van der Waals surface area contributed by atoms with E-state index in [0.717, 1.165) is 44.6 Å². The second kappa shape index (κ2) is 6.87. The second-order valence-corrected chi connectivity index (χ2v) is 7.78. The Bertz CT molecular complexity index is 640. The molecule has 3 aliphatic rings. The largest absolute Gasteiger partial charge is 0.493 e. The van der Waals surface area contributed by atoms with Crippen molar-refractivity contribution in [2.75, 3.05) is 33.8 Å². The number of benzene rings is 1. The third-order valence-corrected chi connectivity index (χ3v) is 6.04. The van der Waals surface area contributed by atoms with Crippen LogP contribution in [-0.4, -0.2) is 61.6 Å². The van der Waals surface area contributed by atoms with E-state index in [1.54, 1.807) is 7.11 Å². The van der Waals surface area contributed by atoms with Crippen LogP contribution in [-0.2, 0) is 0 Å². The van der Waals surface area contributed by atoms with Crippen molar-refractivity contribution in [1.29, 1.82) is 0 Å². The van der Waals surface area contributed by atoms with E-state index in [2.05, 4.69) is 16.8 Å². The van der Waals surface area contributed by atoms with Crippen LogP contribution >= 0.6 is 0 Å². The second-order valence-electron chi connectivity index (χ2n) is 7.78. The summed E-state index contributed by atoms with van der Waals surface area (Å²) < 4.78 is 11.7. The molecule has 0 aromatic heterocycles. The van der Waals surface area contributed by atoms with Gasteiger partial charge in [0, 0.05) is 31.2 Å². The number of amides is 1. The summed E-state index contributed by atoms with van der Waals surface area (Å²) in [7, 11) is 3.78. The molecule has 1 aliphatic carbocycles. The predicted octanol–water partition coefficient (Wildman–Crippen LogP) is 2.79. The van der Waals surface area contributed by atoms with Crippen LogP contribution in [0.15, 0.2) is 18.2 Å². The Balaban J connectivity index is 1.47. The van der Waals surface area contributed by atoms with E-state index in [-0.39, 0.29) is 12.0 Å². The van der Waals surface area contributed by atoms with Crippen LogP contribution in [0.3, 0.4) is 0 Å². The highest BCUT2D eigenvalue weighted by Gasteiger charge is 2.40. The van der Waals surface area contributed by atoms with Crippen molar-refractivity contribution < 1.29 is 14.3 Å². The summed E-state index contributed by atoms with van der Waals surface area (Å²) in [5.41, 5.74) is 0.708. The predicted molar refractivity (Wildman–Crippen MR) is 96.3 cm³/mol. The van der Waals surface area contributed by atoms with Crippen LogP contribution in [0.4, 0.5) is 0 Å². The van der Waals surface area contributed by atoms with Gasteiger partial charge in [-0.3, -0.25) is 4.79 Å². The zero-order valence-electron chi connectivity index (χ0n) is 15.2. The van der Waals surface area contributed by atoms with Crippen LogP contribution in [0.2, 0.25) is 0 Å². The van der Waals surface area contributed by atoms with Gasteiger partial charge in [0.25, 0.3) is 5.91 Å². The van der Waals surface area contributed by atoms with E-state index in [9.17, 15) is 4.79 Å². The Kier molecular flexibility index (Phi) is 4.59. The highest BCUT2D eigenvalue weighted by Crippen LogP contribution is 2.39. The minimum absolute atomic E-state index is 0.136. The number of carbonyl (C=O) groups excluding carboxylic acids is 1. The van der Waals surface area contributed by atoms with Crippen molar-refractivity contribution in [1.82, 2.24) is 9.80 Å². The summed E-state index contributed by atoms with van der Waals surface area (Å²) in [6.07, 6.45) is 5.89. The highest BCUT2D eigenvalue weighted by atomic mass is 16.5. The normalized spacial score (nSPS) is 26.9. The van der Waals surface area contributed by atoms with Gasteiger partial charge in [0.15, 0.2) is 11.5 Å². The maximum atomic E-state index is 12.9. The van der Waals surface area contributed by atoms with Gasteiger partial charge in [-0.1, -0.05) is 0 Å². The SMILES string of the molecule is COc1cc(C(=O)N2C[C@H]3CC[C@H]2C3)ccc1OC1CCN(C)CC1. The Morgan fingerprint density at radius 3 is 2.56 bits per heavy atom. The lowest BCUT2D eigenvalue weighted by Gasteiger charge is -2.30. The van der Waals surface area contributed by atoms with Crippen LogP contribution in [0.25, 0.3) is 0 Å². The van der Waals surface area contributed by atoms with Gasteiger partial charge >= 0.3 is 0 Å². The van der Waals surface area contributed by atoms with E-state index < -0.39 is 0 Å². The molecule has 1 aromatic carbocycles. The summed E-state index contributed by atoms with van der Waals surface area (Å²) in [6, 6.07) is 6.08. The molecule has 0 radical (unpaired) electrons. The summed E-state index contributed by atoms with van der Waals surface area (Å²) in [5.74, 6) is 2.25. The fraction of sp³-hybridized carbons (Fsp3) is 0.650. The molecule has 25 heavy (non-hydrogen) atoms. The summed E-state index contributed by atoms with van der Waals surface area (Å²) in [4.78, 5) is 17.2. The molecule has 2 saturated heterocycles. The molecule has 2 atom stereocenters. The van der Waals surface area contributed by atoms with Gasteiger partial charge in [-0.2, -0.15) is 0 Å². The molecule has 2 aliphatic heterocycles. The lowest BCUT2D eigenvalue weighted by atomic mass is 10.1. The first-order chi connectivity index (χ1) is 12.1. The average molecular weight is 344 g/mol. The number of rotatable bonds is 4. The third-order valence-electron chi connectivity index (χ3n) is 6.04. The van der Waals surface area contributed by atoms with E-state index in [4.69, 9.17) is 9.47 Å². The Morgan fingerprint density at radius 2 is 1.92 bits per heavy atom. The highest BCUT2D eigenvalue weighted by molar-refractivity contribution is 5.95. The van der Waals surface area contributed by atoms with Crippen molar-refractivity contribution >= 4 is 5.91 Å². The first kappa shape index (κ1) is 16.7. The van der Waals surface area contributed by atoms with Gasteiger partial charge in [-0.25, -0.2) is 0 Å². The Hall–Kier alpha value is -1.75. The molecule has 2 bridgehead atoms. The fourth-order valence-electron chi connectivity index (χ4n) is 4.52. The van der Waals surface area contributed by atoms with Gasteiger partial charge < -0.3 is 19.3 Å². The fourth-order valence-corrected chi connectivity index (χ4v) is 4.52. The van der Waals surface area contributed by atoms with Crippen molar-refractivity contribution in [2.45, 2.75) is 44.2 Å². The summed E-state index contributed by atoms with van der Waals surface area (Å²) >= 11 is 0. The van der Waals surface area contributed by atoms with Crippen LogP contribution in [0.1, 0.15) is 42.5 Å². The third kappa shape index (κ3) is 3.34. The summed E-state index contributed by atoms with van der Waals surface area (Å²) in [5, 5.41) is 0. The van der Waals surface area contributed by atoms with E-state index in [1.807, 2.05) is 18.2 Å². The average Bonchev–Trinajstić information content (AvgIpc) is 3.26. The van der Waals surface area contributed by atoms with Crippen molar-refractivity contribution in [3.63, 3.8) is 0 Å². The standard InChI is InChI=1S/C20H28N2O3/c1-21-9-7-17(8-10-21)25-18-6-4-15(12-19(18)24-2)20(23)22-13-14-3-5-16(22)11-14/h4,6,12,14,16-17H,3,5,7-11,13H2,1-2H3/t14-,16-/m0/s1. The van der Waals surface area contributed by atoms with Crippen LogP contribution in [0, 0.1) is 5.92 Å². The molecule has 1 amide bonds. The number of carbonyl (C=O) groups is 1. The topological polar surface area (TPSA) is 42.0 Å². The molecule has 0 spiro atoms. The maximum Gasteiger partial charge on any atom is 0.254 e. The number of likely N-dealkylation sites (tertiary alicyclic amines) is 2. The zero-order valence-corrected chi connectivity index (χ0v) is 15.2. The lowest BCUT2D eigenvalue weighted by molar-refractivity contribution is 0.0703. The number of nitrogens with zero attached hydrogens (tertiary/aromatic N) is 2. The first-order valence-electron chi connectivity index (χ1n) is 9.48. The number of piperidine rings is 2. The molecular weight excluding hydrogens is 316 g/mol. The Labute approximate surface area is 149 Å². The quantitative estimate of drug-likeness (QED) is 0.842. The molecule has 0 unspecified atom stereocenters. The van der Waals surface area contributed by atoms with Gasteiger partial charge in [0.1, 0.15) is 6.10 Å². The van der Waals surface area contributed by atoms with Crippen molar-refractivity contribution in [3.8, 4) is 11.5 Å². The number of ether oxygens (including phenoxy) is 2. The van der Waals surface area contributed by atoms with Crippen molar-refractivity contribution in [3.05, 3.63) is 23.8 Å². The molecule has 5 nitrogen and oxygen atoms in total. The molecule has 1 aromatic rings. The number of hydrogen-bond acceptors (Lipinski definition) is 4. The lowest BCUT2D eigenvalue weighted by Crippen LogP contribution is -2.37. The molecule has 5 heteroatoms. The van der Waals surface area contributed by atoms with E-state index >= 15 is 0 Å². The molecule has 136 valence electrons. The van der Waals surface area contributed by atoms with E-state index in [0.29, 0.717) is 23.3 Å². The first-order valence-corrected chi connectivity index (χ1v) is 9.48. The number of methoxy groups -OCH3 is 1. The van der Waals surface area contributed by atoms with E-state index in [1.165, 1.54) is 12.8 Å². The van der Waals surface area contributed by atoms with Gasteiger partial charge in [-0.15, -0.1) is 0 Å². The molecule has 1 saturated carbocycles. The Morgan fingerprint density at radius 1 is 1.12 bits per heavy atom. The monoisotopic (exact) mass is 344 g/mol. The molecule has 0 N–H and O–H groups in total. The van der Waals surface area contributed by atoms with Gasteiger partial charge in [-0.05, 0) is 63.3 Å². The van der Waals surface area contributed by atoms with Crippen LogP contribution in [0.5, 0.6) is 11.5 Å². The van der Waals surface area contributed by atoms with Crippen molar-refractivity contribution in [2.24, 2.45) is 5.92 Å². The minimum atomic E-state index is 0.136. The van der Waals surface area contributed by atoms with Gasteiger partial charge in [0.05, 0.1) is 7.11 Å². The van der Waals surface area contributed by atoms with Gasteiger partial charge in [0.2, 0.25) is 0 Å². The molecule has 3 fully saturated rings. The minimum Gasteiger partial charge on any atom is -0.493 e. The molecule has 2 heterocycles. The maximum absolute atomic E-state index is 12.9. The number of hydrogen-bond donors (Lipinski definition) is 0. The van der Waals surface area contributed by atoms with Crippen LogP contribution < -0.4 is 9.47 Å². The zero-order chi connectivity index (χ0) is 17.4. The summed E-state index contributed by atoms with van der Waals surface area (Å²) in [6.45, 7) is 3.03. The molecule has 4 rings (SSSR count). The smallest absolute Gasteiger partial charge is 0.254 e.